The van der Waals surface area contributed by atoms with E-state index < -0.39 is 12.2 Å². The van der Waals surface area contributed by atoms with E-state index >= 15 is 0 Å². The molecule has 0 heterocycles. The van der Waals surface area contributed by atoms with Crippen LogP contribution in [0.25, 0.3) is 0 Å². The average Bonchev–Trinajstić information content (AvgIpc) is 2.28. The molecule has 0 saturated heterocycles. The zero-order valence-electron chi connectivity index (χ0n) is 7.96. The Kier molecular flexibility index (Phi) is 3.82. The molecular formula is C11H10N2O2. The first kappa shape index (κ1) is 11.2. The van der Waals surface area contributed by atoms with Crippen LogP contribution >= 0.6 is 0 Å². The van der Waals surface area contributed by atoms with Crippen LogP contribution in [0.5, 0.6) is 0 Å². The summed E-state index contributed by atoms with van der Waals surface area (Å²) in [6.45, 7) is 0. The van der Waals surface area contributed by atoms with Crippen LogP contribution in [0, 0.1) is 22.7 Å². The van der Waals surface area contributed by atoms with Crippen LogP contribution < -0.4 is 0 Å². The Balaban J connectivity index is 2.81. The van der Waals surface area contributed by atoms with E-state index in [4.69, 9.17) is 15.6 Å². The smallest absolute Gasteiger partial charge is 0.170 e. The van der Waals surface area contributed by atoms with E-state index in [9.17, 15) is 5.11 Å². The number of rotatable bonds is 3. The molecule has 0 aliphatic carbocycles. The second-order valence-corrected chi connectivity index (χ2v) is 3.10. The first-order valence-corrected chi connectivity index (χ1v) is 4.40. The molecule has 0 aliphatic heterocycles. The Labute approximate surface area is 87.6 Å². The lowest BCUT2D eigenvalue weighted by Gasteiger charge is -2.11. The SMILES string of the molecule is N#CCc1ccc(C(O)C(O)C#N)cc1. The van der Waals surface area contributed by atoms with Crippen LogP contribution in [0.4, 0.5) is 0 Å². The van der Waals surface area contributed by atoms with Crippen LogP contribution in [-0.2, 0) is 6.42 Å². The quantitative estimate of drug-likeness (QED) is 0.705. The van der Waals surface area contributed by atoms with Gasteiger partial charge in [0.2, 0.25) is 0 Å². The third-order valence-corrected chi connectivity index (χ3v) is 2.04. The van der Waals surface area contributed by atoms with Gasteiger partial charge in [0.1, 0.15) is 6.10 Å². The zero-order chi connectivity index (χ0) is 11.3. The van der Waals surface area contributed by atoms with Gasteiger partial charge in [-0.15, -0.1) is 0 Å². The Morgan fingerprint density at radius 2 is 1.73 bits per heavy atom. The summed E-state index contributed by atoms with van der Waals surface area (Å²) in [4.78, 5) is 0. The van der Waals surface area contributed by atoms with Gasteiger partial charge in [-0.25, -0.2) is 0 Å². The molecule has 0 bridgehead atoms. The maximum absolute atomic E-state index is 9.47. The van der Waals surface area contributed by atoms with Crippen molar-refractivity contribution in [1.82, 2.24) is 0 Å². The van der Waals surface area contributed by atoms with E-state index in [0.717, 1.165) is 5.56 Å². The molecule has 1 rings (SSSR count). The number of nitrogens with zero attached hydrogens (tertiary/aromatic N) is 2. The largest absolute Gasteiger partial charge is 0.385 e. The topological polar surface area (TPSA) is 88.0 Å². The molecule has 0 saturated carbocycles. The molecule has 0 spiro atoms. The molecule has 0 radical (unpaired) electrons. The van der Waals surface area contributed by atoms with Gasteiger partial charge >= 0.3 is 0 Å². The second-order valence-electron chi connectivity index (χ2n) is 3.10. The molecular weight excluding hydrogens is 192 g/mol. The third-order valence-electron chi connectivity index (χ3n) is 2.04. The minimum atomic E-state index is -1.42. The highest BCUT2D eigenvalue weighted by atomic mass is 16.3. The molecule has 4 nitrogen and oxygen atoms in total. The van der Waals surface area contributed by atoms with Gasteiger partial charge in [-0.05, 0) is 11.1 Å². The molecule has 76 valence electrons. The lowest BCUT2D eigenvalue weighted by atomic mass is 10.0. The van der Waals surface area contributed by atoms with Gasteiger partial charge in [-0.1, -0.05) is 24.3 Å². The van der Waals surface area contributed by atoms with Crippen LogP contribution in [0.1, 0.15) is 17.2 Å². The maximum atomic E-state index is 9.47. The van der Waals surface area contributed by atoms with E-state index in [1.54, 1.807) is 30.3 Å². The number of benzene rings is 1. The molecule has 0 aromatic heterocycles. The maximum Gasteiger partial charge on any atom is 0.170 e. The van der Waals surface area contributed by atoms with Crippen molar-refractivity contribution >= 4 is 0 Å². The highest BCUT2D eigenvalue weighted by Crippen LogP contribution is 2.17. The Bertz CT molecular complexity index is 400. The van der Waals surface area contributed by atoms with Crippen LogP contribution in [-0.4, -0.2) is 16.3 Å². The van der Waals surface area contributed by atoms with Crippen molar-refractivity contribution in [2.45, 2.75) is 18.6 Å². The van der Waals surface area contributed by atoms with Crippen molar-refractivity contribution in [3.05, 3.63) is 35.4 Å². The second kappa shape index (κ2) is 5.11. The zero-order valence-corrected chi connectivity index (χ0v) is 7.96. The number of aliphatic hydroxyl groups excluding tert-OH is 2. The van der Waals surface area contributed by atoms with Gasteiger partial charge in [0.15, 0.2) is 6.10 Å². The van der Waals surface area contributed by atoms with Crippen molar-refractivity contribution in [1.29, 1.82) is 10.5 Å². The molecule has 1 aromatic carbocycles. The predicted octanol–water partition coefficient (Wildman–Crippen LogP) is 0.671. The Morgan fingerprint density at radius 1 is 1.13 bits per heavy atom. The van der Waals surface area contributed by atoms with Gasteiger partial charge in [0.05, 0.1) is 18.6 Å². The Morgan fingerprint density at radius 3 is 2.20 bits per heavy atom. The average molecular weight is 202 g/mol. The lowest BCUT2D eigenvalue weighted by molar-refractivity contribution is 0.0528. The summed E-state index contributed by atoms with van der Waals surface area (Å²) in [5.74, 6) is 0. The summed E-state index contributed by atoms with van der Waals surface area (Å²) < 4.78 is 0. The van der Waals surface area contributed by atoms with Gasteiger partial charge in [0, 0.05) is 0 Å². The van der Waals surface area contributed by atoms with Crippen molar-refractivity contribution in [3.8, 4) is 12.1 Å². The molecule has 2 unspecified atom stereocenters. The summed E-state index contributed by atoms with van der Waals surface area (Å²) in [7, 11) is 0. The number of nitriles is 2. The first-order valence-electron chi connectivity index (χ1n) is 4.40. The molecule has 0 amide bonds. The van der Waals surface area contributed by atoms with Crippen molar-refractivity contribution in [2.75, 3.05) is 0 Å². The van der Waals surface area contributed by atoms with Gasteiger partial charge in [-0.2, -0.15) is 10.5 Å². The highest BCUT2D eigenvalue weighted by Gasteiger charge is 2.16. The lowest BCUT2D eigenvalue weighted by Crippen LogP contribution is -2.15. The minimum absolute atomic E-state index is 0.303. The van der Waals surface area contributed by atoms with Crippen LogP contribution in [0.2, 0.25) is 0 Å². The summed E-state index contributed by atoms with van der Waals surface area (Å²) in [6.07, 6.45) is -2.32. The monoisotopic (exact) mass is 202 g/mol. The fourth-order valence-electron chi connectivity index (χ4n) is 1.18. The molecule has 2 N–H and O–H groups in total. The van der Waals surface area contributed by atoms with Crippen molar-refractivity contribution < 1.29 is 10.2 Å². The molecule has 4 heteroatoms. The molecule has 2 atom stereocenters. The van der Waals surface area contributed by atoms with E-state index in [-0.39, 0.29) is 0 Å². The summed E-state index contributed by atoms with van der Waals surface area (Å²) in [6, 6.07) is 10.1. The summed E-state index contributed by atoms with van der Waals surface area (Å²) >= 11 is 0. The van der Waals surface area contributed by atoms with E-state index in [2.05, 4.69) is 0 Å². The summed E-state index contributed by atoms with van der Waals surface area (Å²) in [5.41, 5.74) is 1.30. The van der Waals surface area contributed by atoms with E-state index in [0.29, 0.717) is 12.0 Å². The van der Waals surface area contributed by atoms with Gasteiger partial charge < -0.3 is 10.2 Å². The van der Waals surface area contributed by atoms with Gasteiger partial charge in [0.25, 0.3) is 0 Å². The molecule has 0 aliphatic rings. The standard InChI is InChI=1S/C11H10N2O2/c12-6-5-8-1-3-9(4-2-8)11(15)10(14)7-13/h1-4,10-11,14-15H,5H2. The van der Waals surface area contributed by atoms with E-state index in [1.165, 1.54) is 0 Å². The number of hydrogen-bond acceptors (Lipinski definition) is 4. The number of aliphatic hydroxyl groups is 2. The van der Waals surface area contributed by atoms with Crippen molar-refractivity contribution in [3.63, 3.8) is 0 Å². The molecule has 0 fully saturated rings. The number of hydrogen-bond donors (Lipinski definition) is 2. The van der Waals surface area contributed by atoms with Crippen LogP contribution in [0.3, 0.4) is 0 Å². The third kappa shape index (κ3) is 2.78. The fraction of sp³-hybridized carbons (Fsp3) is 0.273. The predicted molar refractivity (Wildman–Crippen MR) is 52.3 cm³/mol. The Hall–Kier alpha value is -1.88. The normalized spacial score (nSPS) is 13.6. The highest BCUT2D eigenvalue weighted by molar-refractivity contribution is 5.27. The van der Waals surface area contributed by atoms with E-state index in [1.807, 2.05) is 6.07 Å². The van der Waals surface area contributed by atoms with Gasteiger partial charge in [-0.3, -0.25) is 0 Å². The molecule has 15 heavy (non-hydrogen) atoms. The first-order chi connectivity index (χ1) is 7.19. The summed E-state index contributed by atoms with van der Waals surface area (Å²) in [5, 5.41) is 35.4. The minimum Gasteiger partial charge on any atom is -0.385 e. The fourth-order valence-corrected chi connectivity index (χ4v) is 1.18. The molecule has 1 aromatic rings. The van der Waals surface area contributed by atoms with Crippen LogP contribution in [0.15, 0.2) is 24.3 Å². The van der Waals surface area contributed by atoms with Crippen molar-refractivity contribution in [2.24, 2.45) is 0 Å².